The third-order valence-corrected chi connectivity index (χ3v) is 1.85. The van der Waals surface area contributed by atoms with Crippen LogP contribution in [0.1, 0.15) is 18.1 Å². The first-order chi connectivity index (χ1) is 5.38. The van der Waals surface area contributed by atoms with Gasteiger partial charge in [-0.2, -0.15) is 0 Å². The van der Waals surface area contributed by atoms with Crippen molar-refractivity contribution in [2.45, 2.75) is 12.5 Å². The maximum Gasteiger partial charge on any atom is 0.0969 e. The van der Waals surface area contributed by atoms with Crippen LogP contribution in [-0.2, 0) is 4.74 Å². The summed E-state index contributed by atoms with van der Waals surface area (Å²) < 4.78 is 5.25. The van der Waals surface area contributed by atoms with Crippen LogP contribution in [-0.4, -0.2) is 11.6 Å². The minimum absolute atomic E-state index is 0.142. The Morgan fingerprint density at radius 3 is 3.09 bits per heavy atom. The number of rotatable bonds is 1. The highest BCUT2D eigenvalue weighted by molar-refractivity contribution is 5.45. The van der Waals surface area contributed by atoms with E-state index in [4.69, 9.17) is 10.5 Å². The second-order valence-corrected chi connectivity index (χ2v) is 2.57. The predicted octanol–water partition coefficient (Wildman–Crippen LogP) is 0.925. The molecular formula is C8H9N2O. The summed E-state index contributed by atoms with van der Waals surface area (Å²) in [6.07, 6.45) is 5.65. The largest absolute Gasteiger partial charge is 0.398 e. The van der Waals surface area contributed by atoms with E-state index >= 15 is 0 Å². The van der Waals surface area contributed by atoms with Crippen molar-refractivity contribution in [2.75, 3.05) is 12.3 Å². The SMILES string of the molecule is Nc1ccn[c]c1C1CCO1. The Morgan fingerprint density at radius 1 is 1.73 bits per heavy atom. The summed E-state index contributed by atoms with van der Waals surface area (Å²) >= 11 is 0. The summed E-state index contributed by atoms with van der Waals surface area (Å²) in [5, 5.41) is 0. The summed E-state index contributed by atoms with van der Waals surface area (Å²) in [6, 6.07) is 1.77. The van der Waals surface area contributed by atoms with Gasteiger partial charge >= 0.3 is 0 Å². The first-order valence-electron chi connectivity index (χ1n) is 3.61. The molecule has 2 heterocycles. The first kappa shape index (κ1) is 6.61. The van der Waals surface area contributed by atoms with Gasteiger partial charge in [-0.25, -0.2) is 0 Å². The Labute approximate surface area is 65.2 Å². The van der Waals surface area contributed by atoms with Gasteiger partial charge in [0.25, 0.3) is 0 Å². The standard InChI is InChI=1S/C8H9N2O/c9-7-1-3-10-5-6(7)8-2-4-11-8/h1,3,8H,2,4H2,(H2,9,10). The summed E-state index contributed by atoms with van der Waals surface area (Å²) in [5.41, 5.74) is 7.31. The van der Waals surface area contributed by atoms with E-state index in [1.54, 1.807) is 12.3 Å². The molecule has 0 spiro atoms. The molecule has 0 aliphatic carbocycles. The molecule has 0 bridgehead atoms. The van der Waals surface area contributed by atoms with Crippen LogP contribution < -0.4 is 5.73 Å². The topological polar surface area (TPSA) is 48.1 Å². The minimum Gasteiger partial charge on any atom is -0.398 e. The molecule has 1 aromatic rings. The predicted molar refractivity (Wildman–Crippen MR) is 40.8 cm³/mol. The van der Waals surface area contributed by atoms with Gasteiger partial charge in [-0.05, 0) is 6.07 Å². The molecule has 1 aliphatic rings. The zero-order chi connectivity index (χ0) is 7.68. The molecule has 1 aromatic heterocycles. The monoisotopic (exact) mass is 149 g/mol. The van der Waals surface area contributed by atoms with Gasteiger partial charge in [0.2, 0.25) is 0 Å². The molecule has 3 nitrogen and oxygen atoms in total. The summed E-state index contributed by atoms with van der Waals surface area (Å²) in [5.74, 6) is 0. The van der Waals surface area contributed by atoms with Crippen molar-refractivity contribution in [3.8, 4) is 0 Å². The van der Waals surface area contributed by atoms with Crippen LogP contribution in [0.2, 0.25) is 0 Å². The number of nitrogen functional groups attached to an aromatic ring is 1. The highest BCUT2D eigenvalue weighted by atomic mass is 16.5. The quantitative estimate of drug-likeness (QED) is 0.646. The third kappa shape index (κ3) is 1.07. The Hall–Kier alpha value is -1.09. The van der Waals surface area contributed by atoms with Gasteiger partial charge in [-0.15, -0.1) is 0 Å². The molecule has 3 heteroatoms. The number of hydrogen-bond acceptors (Lipinski definition) is 3. The van der Waals surface area contributed by atoms with Gasteiger partial charge in [0, 0.05) is 23.9 Å². The average Bonchev–Trinajstić information content (AvgIpc) is 1.90. The summed E-state index contributed by atoms with van der Waals surface area (Å²) in [4.78, 5) is 3.86. The minimum atomic E-state index is 0.142. The van der Waals surface area contributed by atoms with Crippen molar-refractivity contribution >= 4 is 5.69 Å². The Bertz CT molecular complexity index is 258. The fourth-order valence-corrected chi connectivity index (χ4v) is 1.10. The average molecular weight is 149 g/mol. The maximum absolute atomic E-state index is 5.68. The zero-order valence-corrected chi connectivity index (χ0v) is 6.08. The van der Waals surface area contributed by atoms with Gasteiger partial charge in [0.1, 0.15) is 0 Å². The lowest BCUT2D eigenvalue weighted by Gasteiger charge is -2.26. The molecule has 1 unspecified atom stereocenters. The fourth-order valence-electron chi connectivity index (χ4n) is 1.10. The lowest BCUT2D eigenvalue weighted by Crippen LogP contribution is -2.19. The fraction of sp³-hybridized carbons (Fsp3) is 0.375. The second kappa shape index (κ2) is 2.51. The van der Waals surface area contributed by atoms with E-state index in [1.807, 2.05) is 0 Å². The van der Waals surface area contributed by atoms with Gasteiger partial charge in [0.15, 0.2) is 0 Å². The van der Waals surface area contributed by atoms with Crippen LogP contribution in [0.5, 0.6) is 0 Å². The maximum atomic E-state index is 5.68. The Balaban J connectivity index is 2.28. The number of ether oxygens (including phenoxy) is 1. The second-order valence-electron chi connectivity index (χ2n) is 2.57. The normalized spacial score (nSPS) is 22.7. The molecule has 0 saturated carbocycles. The van der Waals surface area contributed by atoms with E-state index in [0.717, 1.165) is 24.3 Å². The van der Waals surface area contributed by atoms with Crippen LogP contribution in [0.15, 0.2) is 12.3 Å². The summed E-state index contributed by atoms with van der Waals surface area (Å²) in [6.45, 7) is 0.826. The van der Waals surface area contributed by atoms with E-state index in [0.29, 0.717) is 0 Å². The molecule has 57 valence electrons. The van der Waals surface area contributed by atoms with Gasteiger partial charge in [-0.1, -0.05) is 0 Å². The smallest absolute Gasteiger partial charge is 0.0969 e. The van der Waals surface area contributed by atoms with Crippen molar-refractivity contribution < 1.29 is 4.74 Å². The molecule has 1 saturated heterocycles. The van der Waals surface area contributed by atoms with Gasteiger partial charge in [0.05, 0.1) is 18.9 Å². The molecule has 0 aromatic carbocycles. The van der Waals surface area contributed by atoms with Crippen molar-refractivity contribution in [2.24, 2.45) is 0 Å². The molecule has 1 aliphatic heterocycles. The lowest BCUT2D eigenvalue weighted by molar-refractivity contribution is -0.0525. The molecule has 0 amide bonds. The van der Waals surface area contributed by atoms with Crippen molar-refractivity contribution in [1.82, 2.24) is 4.98 Å². The number of nitrogens with two attached hydrogens (primary N) is 1. The van der Waals surface area contributed by atoms with Crippen LogP contribution in [0.4, 0.5) is 5.69 Å². The number of aromatic nitrogens is 1. The number of nitrogens with zero attached hydrogens (tertiary/aromatic N) is 1. The highest BCUT2D eigenvalue weighted by Gasteiger charge is 2.22. The van der Waals surface area contributed by atoms with E-state index in [9.17, 15) is 0 Å². The molecule has 1 atom stereocenters. The highest BCUT2D eigenvalue weighted by Crippen LogP contribution is 2.31. The summed E-state index contributed by atoms with van der Waals surface area (Å²) in [7, 11) is 0. The Morgan fingerprint density at radius 2 is 2.55 bits per heavy atom. The van der Waals surface area contributed by atoms with Crippen LogP contribution in [0.25, 0.3) is 0 Å². The van der Waals surface area contributed by atoms with E-state index < -0.39 is 0 Å². The Kier molecular flexibility index (Phi) is 1.51. The van der Waals surface area contributed by atoms with Gasteiger partial charge < -0.3 is 10.5 Å². The van der Waals surface area contributed by atoms with E-state index in [2.05, 4.69) is 11.2 Å². The molecule has 2 N–H and O–H groups in total. The van der Waals surface area contributed by atoms with Crippen molar-refractivity contribution in [1.29, 1.82) is 0 Å². The number of anilines is 1. The van der Waals surface area contributed by atoms with Crippen molar-refractivity contribution in [3.63, 3.8) is 0 Å². The molecular weight excluding hydrogens is 140 g/mol. The number of pyridine rings is 1. The lowest BCUT2D eigenvalue weighted by atomic mass is 10.0. The molecule has 1 radical (unpaired) electrons. The van der Waals surface area contributed by atoms with Gasteiger partial charge in [-0.3, -0.25) is 4.98 Å². The molecule has 1 fully saturated rings. The van der Waals surface area contributed by atoms with Crippen LogP contribution >= 0.6 is 0 Å². The third-order valence-electron chi connectivity index (χ3n) is 1.85. The zero-order valence-electron chi connectivity index (χ0n) is 6.08. The molecule has 2 rings (SSSR count). The first-order valence-corrected chi connectivity index (χ1v) is 3.61. The van der Waals surface area contributed by atoms with Crippen molar-refractivity contribution in [3.05, 3.63) is 24.0 Å². The van der Waals surface area contributed by atoms with E-state index in [1.165, 1.54) is 0 Å². The van der Waals surface area contributed by atoms with Crippen LogP contribution in [0, 0.1) is 6.20 Å². The van der Waals surface area contributed by atoms with E-state index in [-0.39, 0.29) is 6.10 Å². The number of hydrogen-bond donors (Lipinski definition) is 1. The van der Waals surface area contributed by atoms with Crippen LogP contribution in [0.3, 0.4) is 0 Å². The molecule has 11 heavy (non-hydrogen) atoms.